The molecule has 5 aromatic rings. The van der Waals surface area contributed by atoms with Crippen molar-refractivity contribution in [2.45, 2.75) is 59.4 Å². The average molecular weight is 457 g/mol. The zero-order valence-electron chi connectivity index (χ0n) is 22.0. The molecule has 0 N–H and O–H groups in total. The van der Waals surface area contributed by atoms with E-state index in [1.807, 2.05) is 0 Å². The molecule has 0 saturated carbocycles. The summed E-state index contributed by atoms with van der Waals surface area (Å²) in [7, 11) is 0. The van der Waals surface area contributed by atoms with Gasteiger partial charge in [0.1, 0.15) is 0 Å². The highest BCUT2D eigenvalue weighted by atomic mass is 15.1. The summed E-state index contributed by atoms with van der Waals surface area (Å²) in [6.07, 6.45) is 2.30. The Kier molecular flexibility index (Phi) is 4.58. The monoisotopic (exact) mass is 456 g/mol. The van der Waals surface area contributed by atoms with Crippen LogP contribution in [-0.4, -0.2) is 0 Å². The molecule has 1 aromatic heterocycles. The van der Waals surface area contributed by atoms with Crippen molar-refractivity contribution in [3.63, 3.8) is 0 Å². The number of benzene rings is 4. The molecule has 4 aromatic carbocycles. The Morgan fingerprint density at radius 1 is 0.686 bits per heavy atom. The number of hydrogen-bond acceptors (Lipinski definition) is 0. The maximum Gasteiger partial charge on any atom is 0.221 e. The fraction of sp³-hybridized carbons (Fsp3) is 0.265. The predicted octanol–water partition coefficient (Wildman–Crippen LogP) is 8.63. The van der Waals surface area contributed by atoms with Crippen molar-refractivity contribution in [2.24, 2.45) is 0 Å². The minimum absolute atomic E-state index is 0.0974. The number of rotatable bonds is 1. The molecule has 6 rings (SSSR count). The molecule has 0 spiro atoms. The first-order valence-corrected chi connectivity index (χ1v) is 12.7. The summed E-state index contributed by atoms with van der Waals surface area (Å²) in [5, 5.41) is 5.29. The van der Waals surface area contributed by atoms with Crippen molar-refractivity contribution in [1.82, 2.24) is 0 Å². The van der Waals surface area contributed by atoms with E-state index in [4.69, 9.17) is 0 Å². The first kappa shape index (κ1) is 22.0. The lowest BCUT2D eigenvalue weighted by atomic mass is 9.84. The Balaban J connectivity index is 1.61. The standard InChI is InChI=1S/C34H34N/c1-21-8-14-27-24(18-21)11-15-29-28(27)16-17-35-32(29)30-20-25(19-22(2)31(30)34(35,6)7)23-9-12-26(13-10-23)33(3,4)5/h8-20H,1-7H3/q+1. The van der Waals surface area contributed by atoms with Crippen LogP contribution in [0.4, 0.5) is 0 Å². The first-order chi connectivity index (χ1) is 16.6. The second kappa shape index (κ2) is 7.28. The number of nitrogens with zero attached hydrogens (tertiary/aromatic N) is 1. The summed E-state index contributed by atoms with van der Waals surface area (Å²) in [5.41, 5.74) is 10.8. The van der Waals surface area contributed by atoms with Crippen LogP contribution in [0.15, 0.2) is 79.0 Å². The van der Waals surface area contributed by atoms with Gasteiger partial charge in [-0.05, 0) is 64.4 Å². The lowest BCUT2D eigenvalue weighted by Crippen LogP contribution is -2.50. The second-order valence-electron chi connectivity index (χ2n) is 11.9. The molecule has 2 heterocycles. The number of aryl methyl sites for hydroxylation is 2. The van der Waals surface area contributed by atoms with Crippen LogP contribution in [0.5, 0.6) is 0 Å². The van der Waals surface area contributed by atoms with Gasteiger partial charge in [0, 0.05) is 30.9 Å². The molecule has 0 radical (unpaired) electrons. The van der Waals surface area contributed by atoms with Gasteiger partial charge < -0.3 is 0 Å². The summed E-state index contributed by atoms with van der Waals surface area (Å²) in [6, 6.07) is 27.7. The van der Waals surface area contributed by atoms with Crippen LogP contribution in [-0.2, 0) is 11.0 Å². The Labute approximate surface area is 209 Å². The molecule has 0 saturated heterocycles. The van der Waals surface area contributed by atoms with E-state index in [-0.39, 0.29) is 11.0 Å². The van der Waals surface area contributed by atoms with Gasteiger partial charge in [-0.3, -0.25) is 0 Å². The van der Waals surface area contributed by atoms with Gasteiger partial charge in [0.05, 0.1) is 10.9 Å². The van der Waals surface area contributed by atoms with E-state index < -0.39 is 0 Å². The first-order valence-electron chi connectivity index (χ1n) is 12.7. The smallest absolute Gasteiger partial charge is 0.189 e. The summed E-state index contributed by atoms with van der Waals surface area (Å²) in [5.74, 6) is 0. The molecular weight excluding hydrogens is 422 g/mol. The van der Waals surface area contributed by atoms with E-state index in [1.165, 1.54) is 66.2 Å². The van der Waals surface area contributed by atoms with Crippen molar-refractivity contribution in [2.75, 3.05) is 0 Å². The predicted molar refractivity (Wildman–Crippen MR) is 149 cm³/mol. The number of fused-ring (bicyclic) bond motifs is 7. The van der Waals surface area contributed by atoms with E-state index in [1.54, 1.807) is 0 Å². The minimum Gasteiger partial charge on any atom is -0.189 e. The van der Waals surface area contributed by atoms with Gasteiger partial charge in [-0.1, -0.05) is 80.9 Å². The van der Waals surface area contributed by atoms with E-state index in [2.05, 4.69) is 132 Å². The molecule has 1 aliphatic heterocycles. The molecule has 174 valence electrons. The van der Waals surface area contributed by atoms with Crippen LogP contribution in [0, 0.1) is 13.8 Å². The Bertz CT molecular complexity index is 1640. The minimum atomic E-state index is -0.0974. The van der Waals surface area contributed by atoms with Gasteiger partial charge in [-0.2, -0.15) is 4.57 Å². The van der Waals surface area contributed by atoms with Crippen molar-refractivity contribution < 1.29 is 4.57 Å². The zero-order chi connectivity index (χ0) is 24.7. The maximum atomic E-state index is 2.49. The van der Waals surface area contributed by atoms with Crippen LogP contribution >= 0.6 is 0 Å². The quantitative estimate of drug-likeness (QED) is 0.176. The largest absolute Gasteiger partial charge is 0.221 e. The highest BCUT2D eigenvalue weighted by Crippen LogP contribution is 2.45. The van der Waals surface area contributed by atoms with Crippen molar-refractivity contribution in [3.05, 3.63) is 101 Å². The van der Waals surface area contributed by atoms with E-state index in [0.29, 0.717) is 0 Å². The Morgan fingerprint density at radius 3 is 2.11 bits per heavy atom. The Hall–Kier alpha value is -3.45. The molecule has 0 fully saturated rings. The number of aromatic nitrogens is 1. The van der Waals surface area contributed by atoms with Crippen molar-refractivity contribution >= 4 is 21.5 Å². The summed E-state index contributed by atoms with van der Waals surface area (Å²) < 4.78 is 2.49. The van der Waals surface area contributed by atoms with Crippen LogP contribution in [0.2, 0.25) is 0 Å². The SMILES string of the molecule is Cc1ccc2c(ccc3c4[n+](ccc32)C(C)(C)c2c(C)cc(-c3ccc(C(C)(C)C)cc3)cc2-4)c1. The van der Waals surface area contributed by atoms with E-state index >= 15 is 0 Å². The second-order valence-corrected chi connectivity index (χ2v) is 11.9. The zero-order valence-corrected chi connectivity index (χ0v) is 22.0. The van der Waals surface area contributed by atoms with Gasteiger partial charge in [-0.25, -0.2) is 0 Å². The molecular formula is C34H34N+. The third-order valence-electron chi connectivity index (χ3n) is 7.99. The molecule has 0 aliphatic carbocycles. The van der Waals surface area contributed by atoms with E-state index in [0.717, 1.165) is 0 Å². The van der Waals surface area contributed by atoms with Gasteiger partial charge >= 0.3 is 0 Å². The summed E-state index contributed by atoms with van der Waals surface area (Å²) in [4.78, 5) is 0. The molecule has 0 unspecified atom stereocenters. The molecule has 0 amide bonds. The van der Waals surface area contributed by atoms with Gasteiger partial charge in [0.25, 0.3) is 0 Å². The lowest BCUT2D eigenvalue weighted by molar-refractivity contribution is -0.730. The molecule has 1 aliphatic rings. The van der Waals surface area contributed by atoms with Gasteiger partial charge in [0.2, 0.25) is 5.69 Å². The molecule has 0 atom stereocenters. The third-order valence-corrected chi connectivity index (χ3v) is 7.99. The third kappa shape index (κ3) is 3.25. The highest BCUT2D eigenvalue weighted by molar-refractivity contribution is 6.11. The van der Waals surface area contributed by atoms with Crippen LogP contribution in [0.1, 0.15) is 56.9 Å². The molecule has 1 nitrogen and oxygen atoms in total. The number of pyridine rings is 1. The topological polar surface area (TPSA) is 3.88 Å². The fourth-order valence-electron chi connectivity index (χ4n) is 6.19. The van der Waals surface area contributed by atoms with Crippen molar-refractivity contribution in [1.29, 1.82) is 0 Å². The number of hydrogen-bond donors (Lipinski definition) is 0. The normalized spacial score (nSPS) is 14.4. The van der Waals surface area contributed by atoms with Crippen LogP contribution < -0.4 is 4.57 Å². The summed E-state index contributed by atoms with van der Waals surface area (Å²) >= 11 is 0. The van der Waals surface area contributed by atoms with Crippen LogP contribution in [0.3, 0.4) is 0 Å². The van der Waals surface area contributed by atoms with Gasteiger partial charge in [0.15, 0.2) is 11.7 Å². The molecule has 1 heteroatoms. The lowest BCUT2D eigenvalue weighted by Gasteiger charge is -2.20. The van der Waals surface area contributed by atoms with E-state index in [9.17, 15) is 0 Å². The molecule has 35 heavy (non-hydrogen) atoms. The van der Waals surface area contributed by atoms with Gasteiger partial charge in [-0.15, -0.1) is 0 Å². The van der Waals surface area contributed by atoms with Crippen molar-refractivity contribution in [3.8, 4) is 22.4 Å². The molecule has 0 bridgehead atoms. The fourth-order valence-corrected chi connectivity index (χ4v) is 6.19. The summed E-state index contributed by atoms with van der Waals surface area (Å²) in [6.45, 7) is 16.0. The maximum absolute atomic E-state index is 2.49. The Morgan fingerprint density at radius 2 is 1.40 bits per heavy atom. The average Bonchev–Trinajstić information content (AvgIpc) is 3.05. The highest BCUT2D eigenvalue weighted by Gasteiger charge is 2.45. The van der Waals surface area contributed by atoms with Crippen LogP contribution in [0.25, 0.3) is 43.9 Å².